The van der Waals surface area contributed by atoms with Crippen molar-refractivity contribution in [3.05, 3.63) is 11.7 Å². The van der Waals surface area contributed by atoms with E-state index in [0.29, 0.717) is 11.7 Å². The highest BCUT2D eigenvalue weighted by Crippen LogP contribution is 2.34. The molecule has 0 aliphatic heterocycles. The molecule has 1 aromatic heterocycles. The molecule has 0 bridgehead atoms. The van der Waals surface area contributed by atoms with Crippen molar-refractivity contribution in [3.63, 3.8) is 0 Å². The number of aryl methyl sites for hydroxylation is 1. The highest BCUT2D eigenvalue weighted by Gasteiger charge is 2.27. The smallest absolute Gasteiger partial charge is 0.226 e. The quantitative estimate of drug-likeness (QED) is 0.874. The Labute approximate surface area is 103 Å². The standard InChI is InChI=1S/C13H23N3O/c1-3-4-11-15-13(16-17-11)12(14)10-7-5-9(2)6-8-10/h9-10,12H,3-8,14H2,1-2H3. The minimum absolute atomic E-state index is 0.0446. The van der Waals surface area contributed by atoms with Gasteiger partial charge in [-0.1, -0.05) is 31.8 Å². The molecule has 0 spiro atoms. The van der Waals surface area contributed by atoms with Gasteiger partial charge in [-0.05, 0) is 31.1 Å². The summed E-state index contributed by atoms with van der Waals surface area (Å²) in [4.78, 5) is 4.39. The van der Waals surface area contributed by atoms with Gasteiger partial charge < -0.3 is 10.3 Å². The lowest BCUT2D eigenvalue weighted by atomic mass is 9.79. The summed E-state index contributed by atoms with van der Waals surface area (Å²) in [6.45, 7) is 4.42. The molecule has 2 rings (SSSR count). The molecule has 17 heavy (non-hydrogen) atoms. The first kappa shape index (κ1) is 12.6. The van der Waals surface area contributed by atoms with Crippen LogP contribution in [0, 0.1) is 11.8 Å². The molecule has 0 radical (unpaired) electrons. The molecule has 0 amide bonds. The van der Waals surface area contributed by atoms with Crippen LogP contribution in [0.4, 0.5) is 0 Å². The molecule has 4 nitrogen and oxygen atoms in total. The first-order chi connectivity index (χ1) is 8.20. The molecule has 0 aromatic carbocycles. The van der Waals surface area contributed by atoms with Crippen LogP contribution < -0.4 is 5.73 Å². The van der Waals surface area contributed by atoms with Crippen molar-refractivity contribution in [2.45, 2.75) is 58.4 Å². The third-order valence-corrected chi connectivity index (χ3v) is 3.81. The number of aromatic nitrogens is 2. The first-order valence-electron chi connectivity index (χ1n) is 6.78. The van der Waals surface area contributed by atoms with Crippen LogP contribution in [0.2, 0.25) is 0 Å². The van der Waals surface area contributed by atoms with Crippen molar-refractivity contribution < 1.29 is 4.52 Å². The van der Waals surface area contributed by atoms with E-state index in [9.17, 15) is 0 Å². The summed E-state index contributed by atoms with van der Waals surface area (Å²) in [5.41, 5.74) is 6.24. The predicted molar refractivity (Wildman–Crippen MR) is 66.3 cm³/mol. The Morgan fingerprint density at radius 3 is 2.71 bits per heavy atom. The van der Waals surface area contributed by atoms with Crippen molar-refractivity contribution in [1.82, 2.24) is 10.1 Å². The van der Waals surface area contributed by atoms with Gasteiger partial charge in [0.25, 0.3) is 0 Å². The van der Waals surface area contributed by atoms with Crippen LogP contribution in [0.25, 0.3) is 0 Å². The third kappa shape index (κ3) is 3.06. The summed E-state index contributed by atoms with van der Waals surface area (Å²) < 4.78 is 5.20. The molecule has 4 heteroatoms. The SMILES string of the molecule is CCCc1nc(C(N)C2CCC(C)CC2)no1. The van der Waals surface area contributed by atoms with Gasteiger partial charge in [0.2, 0.25) is 5.89 Å². The van der Waals surface area contributed by atoms with Gasteiger partial charge in [-0.2, -0.15) is 4.98 Å². The highest BCUT2D eigenvalue weighted by atomic mass is 16.5. The number of nitrogens with zero attached hydrogens (tertiary/aromatic N) is 2. The van der Waals surface area contributed by atoms with Crippen LogP contribution in [0.3, 0.4) is 0 Å². The van der Waals surface area contributed by atoms with Gasteiger partial charge in [0, 0.05) is 6.42 Å². The molecular formula is C13H23N3O. The normalized spacial score (nSPS) is 27.0. The Morgan fingerprint density at radius 2 is 2.06 bits per heavy atom. The second-order valence-corrected chi connectivity index (χ2v) is 5.34. The fraction of sp³-hybridized carbons (Fsp3) is 0.846. The fourth-order valence-electron chi connectivity index (χ4n) is 2.57. The predicted octanol–water partition coefficient (Wildman–Crippen LogP) is 2.85. The molecule has 1 aliphatic rings. The molecular weight excluding hydrogens is 214 g/mol. The maximum absolute atomic E-state index is 6.24. The van der Waals surface area contributed by atoms with E-state index < -0.39 is 0 Å². The average molecular weight is 237 g/mol. The second-order valence-electron chi connectivity index (χ2n) is 5.34. The van der Waals surface area contributed by atoms with Crippen molar-refractivity contribution in [2.24, 2.45) is 17.6 Å². The zero-order valence-corrected chi connectivity index (χ0v) is 10.9. The zero-order valence-electron chi connectivity index (χ0n) is 10.9. The average Bonchev–Trinajstić information content (AvgIpc) is 2.78. The molecule has 2 N–H and O–H groups in total. The fourth-order valence-corrected chi connectivity index (χ4v) is 2.57. The minimum Gasteiger partial charge on any atom is -0.339 e. The van der Waals surface area contributed by atoms with E-state index in [0.717, 1.165) is 24.7 Å². The Kier molecular flexibility index (Phi) is 4.15. The maximum atomic E-state index is 6.24. The highest BCUT2D eigenvalue weighted by molar-refractivity contribution is 4.96. The molecule has 1 aliphatic carbocycles. The van der Waals surface area contributed by atoms with Gasteiger partial charge in [-0.3, -0.25) is 0 Å². The Bertz CT molecular complexity index is 342. The van der Waals surface area contributed by atoms with E-state index in [4.69, 9.17) is 10.3 Å². The summed E-state index contributed by atoms with van der Waals surface area (Å²) in [6.07, 6.45) is 6.81. The van der Waals surface area contributed by atoms with Crippen molar-refractivity contribution >= 4 is 0 Å². The Balaban J connectivity index is 1.96. The van der Waals surface area contributed by atoms with Crippen molar-refractivity contribution in [1.29, 1.82) is 0 Å². The topological polar surface area (TPSA) is 64.9 Å². The van der Waals surface area contributed by atoms with Crippen molar-refractivity contribution in [2.75, 3.05) is 0 Å². The Hall–Kier alpha value is -0.900. The Morgan fingerprint density at radius 1 is 1.35 bits per heavy atom. The maximum Gasteiger partial charge on any atom is 0.226 e. The summed E-state index contributed by atoms with van der Waals surface area (Å²) >= 11 is 0. The van der Waals surface area contributed by atoms with Crippen LogP contribution in [-0.2, 0) is 6.42 Å². The van der Waals surface area contributed by atoms with Crippen LogP contribution in [0.1, 0.15) is 63.7 Å². The third-order valence-electron chi connectivity index (χ3n) is 3.81. The summed E-state index contributed by atoms with van der Waals surface area (Å²) in [5.74, 6) is 2.80. The summed E-state index contributed by atoms with van der Waals surface area (Å²) in [7, 11) is 0. The summed E-state index contributed by atoms with van der Waals surface area (Å²) in [6, 6.07) is -0.0446. The molecule has 0 saturated heterocycles. The lowest BCUT2D eigenvalue weighted by molar-refractivity contribution is 0.247. The van der Waals surface area contributed by atoms with E-state index in [2.05, 4.69) is 24.0 Å². The van der Waals surface area contributed by atoms with Gasteiger partial charge in [0.05, 0.1) is 6.04 Å². The number of rotatable bonds is 4. The van der Waals surface area contributed by atoms with E-state index in [1.54, 1.807) is 0 Å². The minimum atomic E-state index is -0.0446. The molecule has 1 heterocycles. The van der Waals surface area contributed by atoms with Crippen LogP contribution >= 0.6 is 0 Å². The largest absolute Gasteiger partial charge is 0.339 e. The molecule has 96 valence electrons. The van der Waals surface area contributed by atoms with Crippen LogP contribution in [0.15, 0.2) is 4.52 Å². The molecule has 1 atom stereocenters. The van der Waals surface area contributed by atoms with Crippen molar-refractivity contribution in [3.8, 4) is 0 Å². The van der Waals surface area contributed by atoms with Gasteiger partial charge in [0.1, 0.15) is 0 Å². The van der Waals surface area contributed by atoms with Gasteiger partial charge in [-0.15, -0.1) is 0 Å². The molecule has 1 unspecified atom stereocenters. The molecule has 1 aromatic rings. The van der Waals surface area contributed by atoms with Crippen LogP contribution in [0.5, 0.6) is 0 Å². The lowest BCUT2D eigenvalue weighted by Crippen LogP contribution is -2.26. The molecule has 1 saturated carbocycles. The first-order valence-corrected chi connectivity index (χ1v) is 6.78. The number of hydrogen-bond donors (Lipinski definition) is 1. The van der Waals surface area contributed by atoms with Crippen LogP contribution in [-0.4, -0.2) is 10.1 Å². The van der Waals surface area contributed by atoms with Gasteiger partial charge >= 0.3 is 0 Å². The molecule has 1 fully saturated rings. The second kappa shape index (κ2) is 5.63. The summed E-state index contributed by atoms with van der Waals surface area (Å²) in [5, 5.41) is 4.02. The number of hydrogen-bond acceptors (Lipinski definition) is 4. The monoisotopic (exact) mass is 237 g/mol. The lowest BCUT2D eigenvalue weighted by Gasteiger charge is -2.28. The van der Waals surface area contributed by atoms with E-state index in [-0.39, 0.29) is 6.04 Å². The number of nitrogens with two attached hydrogens (primary N) is 1. The van der Waals surface area contributed by atoms with E-state index >= 15 is 0 Å². The zero-order chi connectivity index (χ0) is 12.3. The van der Waals surface area contributed by atoms with Gasteiger partial charge in [-0.25, -0.2) is 0 Å². The van der Waals surface area contributed by atoms with E-state index in [1.807, 2.05) is 0 Å². The van der Waals surface area contributed by atoms with E-state index in [1.165, 1.54) is 25.7 Å². The van der Waals surface area contributed by atoms with Gasteiger partial charge in [0.15, 0.2) is 5.82 Å².